The van der Waals surface area contributed by atoms with E-state index in [1.54, 1.807) is 11.3 Å². The van der Waals surface area contributed by atoms with Crippen LogP contribution >= 0.6 is 11.3 Å². The number of urea groups is 1. The molecule has 5 nitrogen and oxygen atoms in total. The number of fused-ring (bicyclic) bond motifs is 1. The fraction of sp³-hybridized carbons (Fsp3) is 0.286. The summed E-state index contributed by atoms with van der Waals surface area (Å²) < 4.78 is 1.15. The zero-order valence-electron chi connectivity index (χ0n) is 10.7. The maximum Gasteiger partial charge on any atom is 0.329 e. The average Bonchev–Trinajstić information content (AvgIpc) is 2.80. The fourth-order valence-corrected chi connectivity index (χ4v) is 3.12. The van der Waals surface area contributed by atoms with Gasteiger partial charge in [0.15, 0.2) is 0 Å². The Morgan fingerprint density at radius 2 is 2.05 bits per heavy atom. The number of carboxylic acids is 1. The molecule has 0 aliphatic heterocycles. The summed E-state index contributed by atoms with van der Waals surface area (Å²) in [6.45, 7) is 0. The molecule has 0 saturated heterocycles. The summed E-state index contributed by atoms with van der Waals surface area (Å²) in [5.41, 5.74) is -0.426. The maximum atomic E-state index is 11.9. The Morgan fingerprint density at radius 1 is 1.25 bits per heavy atom. The second kappa shape index (κ2) is 4.79. The van der Waals surface area contributed by atoms with Gasteiger partial charge in [0.2, 0.25) is 0 Å². The maximum absolute atomic E-state index is 11.9. The first kappa shape index (κ1) is 12.9. The first-order valence-corrected chi connectivity index (χ1v) is 7.27. The van der Waals surface area contributed by atoms with Crippen LogP contribution in [0, 0.1) is 0 Å². The van der Waals surface area contributed by atoms with Crippen LogP contribution in [0.5, 0.6) is 0 Å². The van der Waals surface area contributed by atoms with Gasteiger partial charge in [-0.05, 0) is 54.3 Å². The first-order chi connectivity index (χ1) is 9.59. The Kier molecular flexibility index (Phi) is 3.10. The molecule has 3 rings (SSSR count). The predicted molar refractivity (Wildman–Crippen MR) is 78.2 cm³/mol. The third-order valence-corrected chi connectivity index (χ3v) is 4.58. The van der Waals surface area contributed by atoms with E-state index >= 15 is 0 Å². The molecule has 2 amide bonds. The van der Waals surface area contributed by atoms with Crippen LogP contribution in [0.3, 0.4) is 0 Å². The molecule has 1 aromatic heterocycles. The van der Waals surface area contributed by atoms with E-state index in [4.69, 9.17) is 0 Å². The molecule has 0 radical (unpaired) electrons. The molecule has 3 N–H and O–H groups in total. The molecule has 1 aliphatic rings. The van der Waals surface area contributed by atoms with Crippen molar-refractivity contribution >= 4 is 39.1 Å². The summed E-state index contributed by atoms with van der Waals surface area (Å²) >= 11 is 1.64. The van der Waals surface area contributed by atoms with Gasteiger partial charge < -0.3 is 15.7 Å². The van der Waals surface area contributed by atoms with Crippen LogP contribution in [0.2, 0.25) is 0 Å². The second-order valence-electron chi connectivity index (χ2n) is 4.99. The van der Waals surface area contributed by atoms with Crippen LogP contribution in [-0.4, -0.2) is 22.6 Å². The van der Waals surface area contributed by atoms with Crippen LogP contribution in [0.25, 0.3) is 10.1 Å². The lowest BCUT2D eigenvalue weighted by Gasteiger charge is -2.38. The number of carbonyl (C=O) groups excluding carboxylic acids is 1. The standard InChI is InChI=1S/C14H14N2O3S/c17-12(18)14(5-1-6-14)16-13(19)15-10-2-3-11-9(8-10)4-7-20-11/h2-4,7-8H,1,5-6H2,(H,17,18)(H2,15,16,19). The van der Waals surface area contributed by atoms with Gasteiger partial charge in [-0.3, -0.25) is 0 Å². The van der Waals surface area contributed by atoms with Crippen molar-refractivity contribution in [3.05, 3.63) is 29.6 Å². The number of hydrogen-bond donors (Lipinski definition) is 3. The van der Waals surface area contributed by atoms with Gasteiger partial charge in [-0.25, -0.2) is 9.59 Å². The SMILES string of the molecule is O=C(Nc1ccc2sccc2c1)NC1(C(=O)O)CCC1. The first-order valence-electron chi connectivity index (χ1n) is 6.39. The topological polar surface area (TPSA) is 78.4 Å². The Balaban J connectivity index is 1.70. The Labute approximate surface area is 119 Å². The largest absolute Gasteiger partial charge is 0.480 e. The predicted octanol–water partition coefficient (Wildman–Crippen LogP) is 3.03. The highest BCUT2D eigenvalue weighted by Crippen LogP contribution is 2.32. The summed E-state index contributed by atoms with van der Waals surface area (Å²) in [6.07, 6.45) is 1.80. The van der Waals surface area contributed by atoms with Gasteiger partial charge in [0.1, 0.15) is 5.54 Å². The number of benzene rings is 1. The van der Waals surface area contributed by atoms with Gasteiger partial charge in [-0.15, -0.1) is 11.3 Å². The fourth-order valence-electron chi connectivity index (χ4n) is 2.35. The molecule has 104 valence electrons. The Bertz CT molecular complexity index is 676. The van der Waals surface area contributed by atoms with Crippen LogP contribution in [0.15, 0.2) is 29.6 Å². The van der Waals surface area contributed by atoms with E-state index in [0.29, 0.717) is 18.5 Å². The molecule has 2 aromatic rings. The minimum Gasteiger partial charge on any atom is -0.480 e. The zero-order chi connectivity index (χ0) is 14.2. The highest BCUT2D eigenvalue weighted by Gasteiger charge is 2.45. The third-order valence-electron chi connectivity index (χ3n) is 3.68. The average molecular weight is 290 g/mol. The van der Waals surface area contributed by atoms with Crippen molar-refractivity contribution in [1.82, 2.24) is 5.32 Å². The number of hydrogen-bond acceptors (Lipinski definition) is 3. The normalized spacial score (nSPS) is 16.4. The van der Waals surface area contributed by atoms with E-state index in [1.165, 1.54) is 0 Å². The number of carbonyl (C=O) groups is 2. The molecule has 1 heterocycles. The summed E-state index contributed by atoms with van der Waals surface area (Å²) in [5.74, 6) is -0.966. The van der Waals surface area contributed by atoms with E-state index in [-0.39, 0.29) is 0 Å². The zero-order valence-corrected chi connectivity index (χ0v) is 11.5. The van der Waals surface area contributed by atoms with Crippen molar-refractivity contribution in [3.8, 4) is 0 Å². The molecular weight excluding hydrogens is 276 g/mol. The smallest absolute Gasteiger partial charge is 0.329 e. The van der Waals surface area contributed by atoms with Crippen LogP contribution in [0.1, 0.15) is 19.3 Å². The Morgan fingerprint density at radius 3 is 2.70 bits per heavy atom. The molecular formula is C14H14N2O3S. The van der Waals surface area contributed by atoms with Crippen molar-refractivity contribution < 1.29 is 14.7 Å². The molecule has 1 aliphatic carbocycles. The number of thiophene rings is 1. The van der Waals surface area contributed by atoms with Crippen LogP contribution < -0.4 is 10.6 Å². The van der Waals surface area contributed by atoms with Crippen molar-refractivity contribution in [3.63, 3.8) is 0 Å². The number of nitrogens with one attached hydrogen (secondary N) is 2. The lowest BCUT2D eigenvalue weighted by Crippen LogP contribution is -2.60. The number of carboxylic acid groups (broad SMARTS) is 1. The van der Waals surface area contributed by atoms with E-state index in [1.807, 2.05) is 29.6 Å². The third kappa shape index (κ3) is 2.22. The lowest BCUT2D eigenvalue weighted by molar-refractivity contribution is -0.148. The van der Waals surface area contributed by atoms with Crippen LogP contribution in [0.4, 0.5) is 10.5 Å². The van der Waals surface area contributed by atoms with Gasteiger partial charge in [-0.1, -0.05) is 0 Å². The summed E-state index contributed by atoms with van der Waals surface area (Å²) in [4.78, 5) is 23.1. The Hall–Kier alpha value is -2.08. The van der Waals surface area contributed by atoms with Gasteiger partial charge in [0.25, 0.3) is 0 Å². The number of aliphatic carboxylic acids is 1. The van der Waals surface area contributed by atoms with Crippen LogP contribution in [-0.2, 0) is 4.79 Å². The van der Waals surface area contributed by atoms with Crippen molar-refractivity contribution in [2.24, 2.45) is 0 Å². The van der Waals surface area contributed by atoms with Gasteiger partial charge >= 0.3 is 12.0 Å². The molecule has 0 bridgehead atoms. The molecule has 20 heavy (non-hydrogen) atoms. The van der Waals surface area contributed by atoms with Crippen molar-refractivity contribution in [2.45, 2.75) is 24.8 Å². The number of rotatable bonds is 3. The van der Waals surface area contributed by atoms with Crippen molar-refractivity contribution in [1.29, 1.82) is 0 Å². The highest BCUT2D eigenvalue weighted by atomic mass is 32.1. The minimum absolute atomic E-state index is 0.471. The van der Waals surface area contributed by atoms with Gasteiger partial charge in [0.05, 0.1) is 0 Å². The summed E-state index contributed by atoms with van der Waals surface area (Å²) in [6, 6.07) is 7.13. The number of anilines is 1. The van der Waals surface area contributed by atoms with E-state index in [2.05, 4.69) is 10.6 Å². The quantitative estimate of drug-likeness (QED) is 0.813. The van der Waals surface area contributed by atoms with Gasteiger partial charge in [-0.2, -0.15) is 0 Å². The van der Waals surface area contributed by atoms with E-state index in [9.17, 15) is 14.7 Å². The summed E-state index contributed by atoms with van der Waals surface area (Å²) in [5, 5.41) is 17.5. The molecule has 0 atom stereocenters. The lowest BCUT2D eigenvalue weighted by atomic mass is 9.77. The second-order valence-corrected chi connectivity index (χ2v) is 5.94. The molecule has 1 fully saturated rings. The summed E-state index contributed by atoms with van der Waals surface area (Å²) in [7, 11) is 0. The number of amides is 2. The van der Waals surface area contributed by atoms with Gasteiger partial charge in [0, 0.05) is 10.4 Å². The molecule has 1 aromatic carbocycles. The minimum atomic E-state index is -1.09. The monoisotopic (exact) mass is 290 g/mol. The molecule has 0 spiro atoms. The molecule has 0 unspecified atom stereocenters. The van der Waals surface area contributed by atoms with E-state index < -0.39 is 17.5 Å². The van der Waals surface area contributed by atoms with Crippen molar-refractivity contribution in [2.75, 3.05) is 5.32 Å². The molecule has 1 saturated carbocycles. The highest BCUT2D eigenvalue weighted by molar-refractivity contribution is 7.17. The molecule has 6 heteroatoms. The van der Waals surface area contributed by atoms with E-state index in [0.717, 1.165) is 16.5 Å².